The molecule has 3 aromatic rings. The van der Waals surface area contributed by atoms with E-state index in [9.17, 15) is 9.90 Å². The Bertz CT molecular complexity index is 940. The minimum Gasteiger partial charge on any atom is -0.505 e. The van der Waals surface area contributed by atoms with E-state index in [0.29, 0.717) is 23.4 Å². The summed E-state index contributed by atoms with van der Waals surface area (Å²) in [5.41, 5.74) is 10.2. The highest BCUT2D eigenvalue weighted by Crippen LogP contribution is 2.40. The van der Waals surface area contributed by atoms with Crippen LogP contribution in [0.5, 0.6) is 5.75 Å². The summed E-state index contributed by atoms with van der Waals surface area (Å²) in [4.78, 5) is 11.8. The summed E-state index contributed by atoms with van der Waals surface area (Å²) >= 11 is 4.68. The van der Waals surface area contributed by atoms with Crippen LogP contribution in [0.25, 0.3) is 11.1 Å². The molecule has 0 aromatic heterocycles. The maximum absolute atomic E-state index is 11.8. The molecule has 0 aliphatic heterocycles. The van der Waals surface area contributed by atoms with E-state index in [1.165, 1.54) is 0 Å². The largest absolute Gasteiger partial charge is 0.505 e. The average molecular weight is 379 g/mol. The third kappa shape index (κ3) is 4.09. The van der Waals surface area contributed by atoms with E-state index in [-0.39, 0.29) is 11.7 Å². The summed E-state index contributed by atoms with van der Waals surface area (Å²) in [6.45, 7) is 2.10. The monoisotopic (exact) mass is 379 g/mol. The summed E-state index contributed by atoms with van der Waals surface area (Å²) in [5.74, 6) is -0.345. The number of aromatic hydroxyl groups is 1. The van der Waals surface area contributed by atoms with Crippen LogP contribution in [0, 0.1) is 0 Å². The lowest BCUT2D eigenvalue weighted by Gasteiger charge is -2.17. The quantitative estimate of drug-likeness (QED) is 0.257. The van der Waals surface area contributed by atoms with Crippen LogP contribution in [0.2, 0.25) is 0 Å². The summed E-state index contributed by atoms with van der Waals surface area (Å²) in [7, 11) is 0. The molecule has 1 unspecified atom stereocenters. The van der Waals surface area contributed by atoms with E-state index < -0.39 is 5.25 Å². The van der Waals surface area contributed by atoms with Gasteiger partial charge in [-0.1, -0.05) is 42.5 Å². The number of nitrogen functional groups attached to an aromatic ring is 1. The molecule has 0 saturated heterocycles. The molecule has 0 bridgehead atoms. The van der Waals surface area contributed by atoms with Crippen LogP contribution >= 0.6 is 12.6 Å². The molecule has 0 aliphatic rings. The molecule has 3 aromatic carbocycles. The van der Waals surface area contributed by atoms with Gasteiger partial charge in [0.25, 0.3) is 0 Å². The van der Waals surface area contributed by atoms with Crippen molar-refractivity contribution in [1.29, 1.82) is 0 Å². The first kappa shape index (κ1) is 18.9. The second-order valence-electron chi connectivity index (χ2n) is 6.11. The number of phenols is 1. The summed E-state index contributed by atoms with van der Waals surface area (Å²) in [6, 6.07) is 20.4. The van der Waals surface area contributed by atoms with Crippen LogP contribution < -0.4 is 5.73 Å². The Hall–Kier alpha value is -2.92. The van der Waals surface area contributed by atoms with Gasteiger partial charge in [0.2, 0.25) is 0 Å². The number of benzene rings is 3. The van der Waals surface area contributed by atoms with Crippen molar-refractivity contribution in [2.24, 2.45) is 0 Å². The van der Waals surface area contributed by atoms with E-state index in [4.69, 9.17) is 10.5 Å². The molecule has 0 saturated carbocycles. The molecule has 3 rings (SSSR count). The van der Waals surface area contributed by atoms with Gasteiger partial charge >= 0.3 is 5.97 Å². The summed E-state index contributed by atoms with van der Waals surface area (Å²) in [5, 5.41) is 10.1. The van der Waals surface area contributed by atoms with E-state index in [2.05, 4.69) is 12.6 Å². The van der Waals surface area contributed by atoms with Crippen molar-refractivity contribution in [3.05, 3.63) is 83.4 Å². The van der Waals surface area contributed by atoms with Crippen LogP contribution in [0.15, 0.2) is 66.7 Å². The third-order valence-electron chi connectivity index (χ3n) is 4.31. The number of ether oxygens (including phenoxy) is 1. The van der Waals surface area contributed by atoms with Crippen LogP contribution in [0.3, 0.4) is 0 Å². The average Bonchev–Trinajstić information content (AvgIpc) is 2.70. The van der Waals surface area contributed by atoms with Crippen LogP contribution in [0.1, 0.15) is 33.7 Å². The molecule has 0 aliphatic carbocycles. The molecule has 0 radical (unpaired) electrons. The number of hydrogen-bond donors (Lipinski definition) is 3. The van der Waals surface area contributed by atoms with Crippen molar-refractivity contribution >= 4 is 24.3 Å². The maximum Gasteiger partial charge on any atom is 0.338 e. The van der Waals surface area contributed by atoms with Gasteiger partial charge in [0.05, 0.1) is 23.1 Å². The van der Waals surface area contributed by atoms with Crippen molar-refractivity contribution in [2.75, 3.05) is 12.3 Å². The molecule has 0 heterocycles. The number of carbonyl (C=O) groups is 1. The molecule has 4 nitrogen and oxygen atoms in total. The lowest BCUT2D eigenvalue weighted by atomic mass is 9.96. The predicted octanol–water partition coefficient (Wildman–Crippen LogP) is 4.84. The van der Waals surface area contributed by atoms with Gasteiger partial charge in [0, 0.05) is 5.56 Å². The van der Waals surface area contributed by atoms with E-state index >= 15 is 0 Å². The maximum atomic E-state index is 11.8. The fourth-order valence-corrected chi connectivity index (χ4v) is 3.25. The van der Waals surface area contributed by atoms with Gasteiger partial charge < -0.3 is 15.6 Å². The Labute approximate surface area is 164 Å². The molecular formula is C22H21NO3S. The van der Waals surface area contributed by atoms with Gasteiger partial charge in [-0.15, -0.1) is 0 Å². The SMILES string of the molecule is CCOC(=O)c1ccc(C(S)c2cc(-c3ccccc3)cc(N)c2O)cc1. The highest BCUT2D eigenvalue weighted by Gasteiger charge is 2.18. The number of rotatable bonds is 5. The van der Waals surface area contributed by atoms with Gasteiger partial charge in [-0.25, -0.2) is 4.79 Å². The molecule has 138 valence electrons. The van der Waals surface area contributed by atoms with Crippen molar-refractivity contribution < 1.29 is 14.6 Å². The normalized spacial score (nSPS) is 11.8. The summed E-state index contributed by atoms with van der Waals surface area (Å²) < 4.78 is 5.00. The molecule has 27 heavy (non-hydrogen) atoms. The number of anilines is 1. The molecule has 3 N–H and O–H groups in total. The topological polar surface area (TPSA) is 72.5 Å². The number of phenolic OH excluding ortho intramolecular Hbond substituents is 1. The molecule has 1 atom stereocenters. The highest BCUT2D eigenvalue weighted by atomic mass is 32.1. The van der Waals surface area contributed by atoms with Gasteiger partial charge in [0.15, 0.2) is 0 Å². The molecular weight excluding hydrogens is 358 g/mol. The predicted molar refractivity (Wildman–Crippen MR) is 111 cm³/mol. The number of hydrogen-bond acceptors (Lipinski definition) is 5. The number of carbonyl (C=O) groups excluding carboxylic acids is 1. The number of nitrogens with two attached hydrogens (primary N) is 1. The zero-order valence-electron chi connectivity index (χ0n) is 14.9. The van der Waals surface area contributed by atoms with Crippen molar-refractivity contribution in [3.63, 3.8) is 0 Å². The Balaban J connectivity index is 1.95. The molecule has 0 amide bonds. The Morgan fingerprint density at radius 1 is 1.07 bits per heavy atom. The van der Waals surface area contributed by atoms with E-state index in [1.807, 2.05) is 36.4 Å². The Kier molecular flexibility index (Phi) is 5.72. The Morgan fingerprint density at radius 3 is 2.37 bits per heavy atom. The number of esters is 1. The second-order valence-corrected chi connectivity index (χ2v) is 6.63. The standard InChI is InChI=1S/C22H21NO3S/c1-2-26-22(25)16-10-8-15(9-11-16)21(27)18-12-17(13-19(23)20(18)24)14-6-4-3-5-7-14/h3-13,21,24,27H,2,23H2,1H3. The Morgan fingerprint density at radius 2 is 1.74 bits per heavy atom. The minimum atomic E-state index is -0.396. The fraction of sp³-hybridized carbons (Fsp3) is 0.136. The van der Waals surface area contributed by atoms with E-state index in [1.54, 1.807) is 37.3 Å². The zero-order chi connectivity index (χ0) is 19.4. The highest BCUT2D eigenvalue weighted by molar-refractivity contribution is 7.80. The van der Waals surface area contributed by atoms with E-state index in [0.717, 1.165) is 16.7 Å². The van der Waals surface area contributed by atoms with Crippen molar-refractivity contribution in [3.8, 4) is 16.9 Å². The van der Waals surface area contributed by atoms with Crippen LogP contribution in [-0.4, -0.2) is 17.7 Å². The van der Waals surface area contributed by atoms with Crippen molar-refractivity contribution in [2.45, 2.75) is 12.2 Å². The van der Waals surface area contributed by atoms with Gasteiger partial charge in [-0.3, -0.25) is 0 Å². The van der Waals surface area contributed by atoms with Gasteiger partial charge in [0.1, 0.15) is 5.75 Å². The summed E-state index contributed by atoms with van der Waals surface area (Å²) in [6.07, 6.45) is 0. The third-order valence-corrected chi connectivity index (χ3v) is 4.88. The molecule has 0 fully saturated rings. The first-order valence-electron chi connectivity index (χ1n) is 8.64. The van der Waals surface area contributed by atoms with Crippen LogP contribution in [-0.2, 0) is 4.74 Å². The van der Waals surface area contributed by atoms with Crippen molar-refractivity contribution in [1.82, 2.24) is 0 Å². The molecule has 5 heteroatoms. The fourth-order valence-electron chi connectivity index (χ4n) is 2.88. The lowest BCUT2D eigenvalue weighted by Crippen LogP contribution is -2.05. The number of thiol groups is 1. The lowest BCUT2D eigenvalue weighted by molar-refractivity contribution is 0.0526. The van der Waals surface area contributed by atoms with Gasteiger partial charge in [-0.05, 0) is 47.9 Å². The van der Waals surface area contributed by atoms with Crippen LogP contribution in [0.4, 0.5) is 5.69 Å². The van der Waals surface area contributed by atoms with Gasteiger partial charge in [-0.2, -0.15) is 12.6 Å². The second kappa shape index (κ2) is 8.18. The zero-order valence-corrected chi connectivity index (χ0v) is 15.8. The first-order valence-corrected chi connectivity index (χ1v) is 9.16. The first-order chi connectivity index (χ1) is 13.0. The minimum absolute atomic E-state index is 0.0177. The smallest absolute Gasteiger partial charge is 0.338 e. The molecule has 0 spiro atoms.